The molecular weight excluding hydrogens is 416 g/mol. The van der Waals surface area contributed by atoms with Crippen LogP contribution in [0.1, 0.15) is 12.5 Å². The van der Waals surface area contributed by atoms with Crippen molar-refractivity contribution in [2.24, 2.45) is 0 Å². The third kappa shape index (κ3) is 5.00. The second kappa shape index (κ2) is 9.13. The SMILES string of the molecule is CC(=O)Nc1cccc(Nc2ncnc(N3CCN(c4ccc(Cl)cn4)CC3)n2)c1C. The lowest BCUT2D eigenvalue weighted by Crippen LogP contribution is -2.47. The molecule has 1 aliphatic rings. The molecule has 0 unspecified atom stereocenters. The van der Waals surface area contributed by atoms with Crippen LogP contribution in [0.15, 0.2) is 42.9 Å². The number of carbonyl (C=O) groups excluding carboxylic acids is 1. The van der Waals surface area contributed by atoms with Gasteiger partial charge in [-0.2, -0.15) is 4.98 Å². The van der Waals surface area contributed by atoms with Gasteiger partial charge in [-0.1, -0.05) is 17.7 Å². The van der Waals surface area contributed by atoms with Gasteiger partial charge in [-0.25, -0.2) is 15.0 Å². The molecule has 0 bridgehead atoms. The van der Waals surface area contributed by atoms with E-state index in [1.54, 1.807) is 6.20 Å². The summed E-state index contributed by atoms with van der Waals surface area (Å²) in [6, 6.07) is 9.42. The lowest BCUT2D eigenvalue weighted by molar-refractivity contribution is -0.114. The van der Waals surface area contributed by atoms with Crippen molar-refractivity contribution < 1.29 is 4.79 Å². The normalized spacial score (nSPS) is 13.8. The van der Waals surface area contributed by atoms with Crippen LogP contribution in [0.4, 0.5) is 29.1 Å². The third-order valence-corrected chi connectivity index (χ3v) is 5.27. The number of benzene rings is 1. The van der Waals surface area contributed by atoms with Gasteiger partial charge in [0.15, 0.2) is 0 Å². The average Bonchev–Trinajstić information content (AvgIpc) is 2.77. The van der Waals surface area contributed by atoms with Crippen molar-refractivity contribution in [3.63, 3.8) is 0 Å². The lowest BCUT2D eigenvalue weighted by Gasteiger charge is -2.35. The quantitative estimate of drug-likeness (QED) is 0.626. The highest BCUT2D eigenvalue weighted by Crippen LogP contribution is 2.26. The molecule has 9 nitrogen and oxygen atoms in total. The maximum Gasteiger partial charge on any atom is 0.232 e. The van der Waals surface area contributed by atoms with E-state index in [4.69, 9.17) is 11.6 Å². The van der Waals surface area contributed by atoms with Crippen LogP contribution < -0.4 is 20.4 Å². The fourth-order valence-corrected chi connectivity index (χ4v) is 3.52. The molecule has 31 heavy (non-hydrogen) atoms. The van der Waals surface area contributed by atoms with Gasteiger partial charge in [-0.15, -0.1) is 0 Å². The molecule has 1 fully saturated rings. The van der Waals surface area contributed by atoms with E-state index in [2.05, 4.69) is 40.4 Å². The Kier molecular flexibility index (Phi) is 6.13. The third-order valence-electron chi connectivity index (χ3n) is 5.05. The first-order valence-corrected chi connectivity index (χ1v) is 10.3. The lowest BCUT2D eigenvalue weighted by atomic mass is 10.1. The minimum Gasteiger partial charge on any atom is -0.353 e. The monoisotopic (exact) mass is 438 g/mol. The molecule has 10 heteroatoms. The van der Waals surface area contributed by atoms with Gasteiger partial charge in [0.1, 0.15) is 12.1 Å². The fraction of sp³-hybridized carbons (Fsp3) is 0.286. The van der Waals surface area contributed by atoms with Crippen LogP contribution in [0, 0.1) is 6.92 Å². The number of aromatic nitrogens is 4. The zero-order valence-corrected chi connectivity index (χ0v) is 18.1. The van der Waals surface area contributed by atoms with Gasteiger partial charge < -0.3 is 20.4 Å². The standard InChI is InChI=1S/C21H23ClN8O/c1-14-17(26-15(2)31)4-3-5-18(14)27-20-24-13-25-21(28-20)30-10-8-29(9-11-30)19-7-6-16(22)12-23-19/h3-7,12-13H,8-11H2,1-2H3,(H,26,31)(H,24,25,27,28). The summed E-state index contributed by atoms with van der Waals surface area (Å²) in [7, 11) is 0. The van der Waals surface area contributed by atoms with E-state index in [0.29, 0.717) is 16.9 Å². The second-order valence-corrected chi connectivity index (χ2v) is 7.64. The first kappa shape index (κ1) is 20.8. The Morgan fingerprint density at radius 2 is 1.74 bits per heavy atom. The molecule has 2 aromatic heterocycles. The summed E-state index contributed by atoms with van der Waals surface area (Å²) in [5.74, 6) is 1.87. The summed E-state index contributed by atoms with van der Waals surface area (Å²) in [6.07, 6.45) is 3.17. The van der Waals surface area contributed by atoms with E-state index in [9.17, 15) is 4.79 Å². The summed E-state index contributed by atoms with van der Waals surface area (Å²) >= 11 is 5.93. The number of halogens is 1. The van der Waals surface area contributed by atoms with Gasteiger partial charge in [0.05, 0.1) is 5.02 Å². The minimum atomic E-state index is -0.115. The first-order chi connectivity index (χ1) is 15.0. The van der Waals surface area contributed by atoms with E-state index < -0.39 is 0 Å². The van der Waals surface area contributed by atoms with Gasteiger partial charge in [0.2, 0.25) is 17.8 Å². The zero-order valence-electron chi connectivity index (χ0n) is 17.3. The molecule has 0 radical (unpaired) electrons. The van der Waals surface area contributed by atoms with Gasteiger partial charge >= 0.3 is 0 Å². The number of nitrogens with one attached hydrogen (secondary N) is 2. The van der Waals surface area contributed by atoms with E-state index in [-0.39, 0.29) is 5.91 Å². The summed E-state index contributed by atoms with van der Waals surface area (Å²) in [6.45, 7) is 6.57. The van der Waals surface area contributed by atoms with E-state index >= 15 is 0 Å². The molecule has 160 valence electrons. The summed E-state index contributed by atoms with van der Waals surface area (Å²) in [5, 5.41) is 6.69. The Bertz CT molecular complexity index is 1070. The molecule has 0 spiro atoms. The number of carbonyl (C=O) groups is 1. The zero-order chi connectivity index (χ0) is 21.8. The van der Waals surface area contributed by atoms with Crippen LogP contribution in [-0.2, 0) is 4.79 Å². The number of hydrogen-bond acceptors (Lipinski definition) is 8. The molecule has 1 aromatic carbocycles. The van der Waals surface area contributed by atoms with E-state index in [0.717, 1.165) is 48.9 Å². The Hall–Kier alpha value is -3.46. The maximum atomic E-state index is 11.4. The molecule has 4 rings (SSSR count). The van der Waals surface area contributed by atoms with E-state index in [1.807, 2.05) is 37.3 Å². The van der Waals surface area contributed by atoms with Crippen LogP contribution in [-0.4, -0.2) is 52.0 Å². The predicted octanol–water partition coefficient (Wildman–Crippen LogP) is 3.26. The molecule has 0 saturated carbocycles. The van der Waals surface area contributed by atoms with Crippen molar-refractivity contribution in [1.82, 2.24) is 19.9 Å². The second-order valence-electron chi connectivity index (χ2n) is 7.20. The minimum absolute atomic E-state index is 0.115. The first-order valence-electron chi connectivity index (χ1n) is 9.94. The predicted molar refractivity (Wildman–Crippen MR) is 122 cm³/mol. The van der Waals surface area contributed by atoms with Crippen LogP contribution >= 0.6 is 11.6 Å². The number of hydrogen-bond donors (Lipinski definition) is 2. The number of nitrogens with zero attached hydrogens (tertiary/aromatic N) is 6. The molecule has 1 aliphatic heterocycles. The van der Waals surface area contributed by atoms with Gasteiger partial charge in [0.25, 0.3) is 0 Å². The van der Waals surface area contributed by atoms with Crippen molar-refractivity contribution in [2.45, 2.75) is 13.8 Å². The average molecular weight is 439 g/mol. The van der Waals surface area contributed by atoms with Crippen LogP contribution in [0.2, 0.25) is 5.02 Å². The number of amides is 1. The van der Waals surface area contributed by atoms with E-state index in [1.165, 1.54) is 13.3 Å². The van der Waals surface area contributed by atoms with Crippen molar-refractivity contribution in [2.75, 3.05) is 46.6 Å². The van der Waals surface area contributed by atoms with Crippen molar-refractivity contribution in [3.8, 4) is 0 Å². The van der Waals surface area contributed by atoms with Crippen LogP contribution in [0.25, 0.3) is 0 Å². The highest BCUT2D eigenvalue weighted by Gasteiger charge is 2.20. The Morgan fingerprint density at radius 1 is 1.00 bits per heavy atom. The maximum absolute atomic E-state index is 11.4. The highest BCUT2D eigenvalue weighted by molar-refractivity contribution is 6.30. The molecule has 1 saturated heterocycles. The summed E-state index contributed by atoms with van der Waals surface area (Å²) in [5.41, 5.74) is 2.48. The molecule has 3 aromatic rings. The molecule has 1 amide bonds. The topological polar surface area (TPSA) is 99.2 Å². The van der Waals surface area contributed by atoms with Crippen molar-refractivity contribution >= 4 is 46.6 Å². The highest BCUT2D eigenvalue weighted by atomic mass is 35.5. The number of pyridine rings is 1. The molecule has 0 aliphatic carbocycles. The Morgan fingerprint density at radius 3 is 2.45 bits per heavy atom. The smallest absolute Gasteiger partial charge is 0.232 e. The number of piperazine rings is 1. The Labute approximate surface area is 185 Å². The van der Waals surface area contributed by atoms with Gasteiger partial charge in [-0.3, -0.25) is 4.79 Å². The largest absolute Gasteiger partial charge is 0.353 e. The number of anilines is 5. The molecule has 0 atom stereocenters. The van der Waals surface area contributed by atoms with Crippen molar-refractivity contribution in [1.29, 1.82) is 0 Å². The van der Waals surface area contributed by atoms with Gasteiger partial charge in [-0.05, 0) is 36.8 Å². The number of rotatable bonds is 5. The molecule has 3 heterocycles. The van der Waals surface area contributed by atoms with Crippen LogP contribution in [0.5, 0.6) is 0 Å². The van der Waals surface area contributed by atoms with Crippen LogP contribution in [0.3, 0.4) is 0 Å². The van der Waals surface area contributed by atoms with Crippen molar-refractivity contribution in [3.05, 3.63) is 53.4 Å². The fourth-order valence-electron chi connectivity index (χ4n) is 3.41. The molecule has 2 N–H and O–H groups in total. The van der Waals surface area contributed by atoms with Gasteiger partial charge in [0, 0.05) is 50.7 Å². The Balaban J connectivity index is 1.44. The summed E-state index contributed by atoms with van der Waals surface area (Å²) < 4.78 is 0. The molecular formula is C21H23ClN8O. The summed E-state index contributed by atoms with van der Waals surface area (Å²) in [4.78, 5) is 33.3.